The average molecular weight is 189 g/mol. The first-order chi connectivity index (χ1) is 5.93. The molecule has 2 N–H and O–H groups in total. The highest BCUT2D eigenvalue weighted by molar-refractivity contribution is 5.73. The fraction of sp³-hybridized carbons (Fsp3) is 0.750. The van der Waals surface area contributed by atoms with E-state index >= 15 is 0 Å². The van der Waals surface area contributed by atoms with Crippen LogP contribution in [0.2, 0.25) is 0 Å². The molecule has 0 spiro atoms. The summed E-state index contributed by atoms with van der Waals surface area (Å²) >= 11 is 0. The van der Waals surface area contributed by atoms with Crippen LogP contribution in [0.5, 0.6) is 0 Å². The molecular weight excluding hydrogens is 177 g/mol. The smallest absolute Gasteiger partial charge is 0.306 e. The maximum absolute atomic E-state index is 13.4. The number of rotatable bonds is 3. The zero-order valence-electron chi connectivity index (χ0n) is 7.34. The van der Waals surface area contributed by atoms with E-state index in [4.69, 9.17) is 5.11 Å². The van der Waals surface area contributed by atoms with Crippen LogP contribution in [0.25, 0.3) is 0 Å². The van der Waals surface area contributed by atoms with Gasteiger partial charge in [-0.05, 0) is 12.8 Å². The van der Waals surface area contributed by atoms with Crippen LogP contribution in [-0.4, -0.2) is 29.2 Å². The van der Waals surface area contributed by atoms with E-state index in [9.17, 15) is 14.0 Å². The maximum Gasteiger partial charge on any atom is 0.306 e. The number of amides is 1. The van der Waals surface area contributed by atoms with Crippen molar-refractivity contribution in [3.05, 3.63) is 0 Å². The van der Waals surface area contributed by atoms with E-state index in [1.807, 2.05) is 0 Å². The molecule has 1 amide bonds. The third-order valence-electron chi connectivity index (χ3n) is 2.23. The van der Waals surface area contributed by atoms with Crippen molar-refractivity contribution in [1.29, 1.82) is 0 Å². The molecule has 0 radical (unpaired) electrons. The topological polar surface area (TPSA) is 66.4 Å². The van der Waals surface area contributed by atoms with Gasteiger partial charge in [-0.3, -0.25) is 9.59 Å². The van der Waals surface area contributed by atoms with Crippen LogP contribution in [0.3, 0.4) is 0 Å². The molecule has 74 valence electrons. The van der Waals surface area contributed by atoms with Gasteiger partial charge >= 0.3 is 5.97 Å². The molecule has 4 nitrogen and oxygen atoms in total. The van der Waals surface area contributed by atoms with Crippen LogP contribution < -0.4 is 5.32 Å². The molecule has 0 heterocycles. The molecule has 5 heteroatoms. The minimum atomic E-state index is -1.51. The van der Waals surface area contributed by atoms with Gasteiger partial charge < -0.3 is 10.4 Å². The highest BCUT2D eigenvalue weighted by Crippen LogP contribution is 2.40. The lowest BCUT2D eigenvalue weighted by Crippen LogP contribution is -2.50. The third kappa shape index (κ3) is 2.40. The Morgan fingerprint density at radius 2 is 2.15 bits per heavy atom. The Hall–Kier alpha value is -1.13. The first kappa shape index (κ1) is 9.95. The molecule has 1 rings (SSSR count). The quantitative estimate of drug-likeness (QED) is 0.672. The van der Waals surface area contributed by atoms with Gasteiger partial charge in [0.25, 0.3) is 0 Å². The molecule has 13 heavy (non-hydrogen) atoms. The molecule has 0 saturated heterocycles. The molecule has 0 aromatic carbocycles. The summed E-state index contributed by atoms with van der Waals surface area (Å²) in [5.74, 6) is -1.84. The van der Waals surface area contributed by atoms with E-state index in [0.717, 1.165) is 0 Å². The molecule has 1 saturated carbocycles. The lowest BCUT2D eigenvalue weighted by atomic mass is 9.72. The van der Waals surface area contributed by atoms with Crippen molar-refractivity contribution in [3.63, 3.8) is 0 Å². The minimum Gasteiger partial charge on any atom is -0.481 e. The molecule has 0 aromatic rings. The number of carboxylic acids is 1. The number of aliphatic carboxylic acids is 1. The first-order valence-electron chi connectivity index (χ1n) is 4.09. The van der Waals surface area contributed by atoms with E-state index in [1.165, 1.54) is 6.92 Å². The standard InChI is InChI=1S/C8H12FNO3/c1-5(11)10-4-8(9)2-6(3-8)7(12)13/h6H,2-4H2,1H3,(H,10,11)(H,12,13). The van der Waals surface area contributed by atoms with Crippen LogP contribution in [-0.2, 0) is 9.59 Å². The number of halogens is 1. The SMILES string of the molecule is CC(=O)NCC1(F)CC(C(=O)O)C1. The fourth-order valence-corrected chi connectivity index (χ4v) is 1.43. The van der Waals surface area contributed by atoms with E-state index in [0.29, 0.717) is 0 Å². The molecule has 1 fully saturated rings. The molecular formula is C8H12FNO3. The first-order valence-corrected chi connectivity index (χ1v) is 4.09. The summed E-state index contributed by atoms with van der Waals surface area (Å²) in [7, 11) is 0. The molecule has 1 aliphatic carbocycles. The number of carbonyl (C=O) groups is 2. The molecule has 0 atom stereocenters. The molecule has 0 aromatic heterocycles. The second kappa shape index (κ2) is 3.32. The summed E-state index contributed by atoms with van der Waals surface area (Å²) < 4.78 is 13.4. The van der Waals surface area contributed by atoms with Gasteiger partial charge in [0, 0.05) is 6.92 Å². The summed E-state index contributed by atoms with van der Waals surface area (Å²) in [5.41, 5.74) is -1.51. The number of nitrogens with one attached hydrogen (secondary N) is 1. The Balaban J connectivity index is 2.29. The van der Waals surface area contributed by atoms with Crippen molar-refractivity contribution in [2.45, 2.75) is 25.4 Å². The summed E-state index contributed by atoms with van der Waals surface area (Å²) in [6.45, 7) is 1.23. The maximum atomic E-state index is 13.4. The predicted octanol–water partition coefficient (Wildman–Crippen LogP) is 0.325. The zero-order valence-corrected chi connectivity index (χ0v) is 7.34. The van der Waals surface area contributed by atoms with Crippen LogP contribution in [0.1, 0.15) is 19.8 Å². The van der Waals surface area contributed by atoms with Crippen molar-refractivity contribution in [3.8, 4) is 0 Å². The highest BCUT2D eigenvalue weighted by atomic mass is 19.1. The number of alkyl halides is 1. The molecule has 0 bridgehead atoms. The van der Waals surface area contributed by atoms with Crippen molar-refractivity contribution in [1.82, 2.24) is 5.32 Å². The zero-order chi connectivity index (χ0) is 10.1. The Kier molecular flexibility index (Phi) is 2.54. The summed E-state index contributed by atoms with van der Waals surface area (Å²) in [5, 5.41) is 10.8. The Morgan fingerprint density at radius 3 is 2.54 bits per heavy atom. The lowest BCUT2D eigenvalue weighted by molar-refractivity contribution is -0.151. The second-order valence-electron chi connectivity index (χ2n) is 3.50. The lowest BCUT2D eigenvalue weighted by Gasteiger charge is -2.38. The fourth-order valence-electron chi connectivity index (χ4n) is 1.43. The third-order valence-corrected chi connectivity index (χ3v) is 2.23. The Bertz CT molecular complexity index is 230. The summed E-state index contributed by atoms with van der Waals surface area (Å²) in [6, 6.07) is 0. The van der Waals surface area contributed by atoms with Gasteiger partial charge in [0.2, 0.25) is 5.91 Å². The monoisotopic (exact) mass is 189 g/mol. The van der Waals surface area contributed by atoms with Crippen LogP contribution in [0.4, 0.5) is 4.39 Å². The van der Waals surface area contributed by atoms with Gasteiger partial charge in [0.15, 0.2) is 0 Å². The van der Waals surface area contributed by atoms with Gasteiger partial charge in [-0.2, -0.15) is 0 Å². The van der Waals surface area contributed by atoms with Gasteiger partial charge in [-0.25, -0.2) is 4.39 Å². The van der Waals surface area contributed by atoms with Gasteiger partial charge in [0.1, 0.15) is 5.67 Å². The Morgan fingerprint density at radius 1 is 1.62 bits per heavy atom. The van der Waals surface area contributed by atoms with E-state index in [-0.39, 0.29) is 25.3 Å². The predicted molar refractivity (Wildman–Crippen MR) is 42.9 cm³/mol. The van der Waals surface area contributed by atoms with Crippen molar-refractivity contribution < 1.29 is 19.1 Å². The van der Waals surface area contributed by atoms with Gasteiger partial charge in [0.05, 0.1) is 12.5 Å². The number of carbonyl (C=O) groups excluding carboxylic acids is 1. The minimum absolute atomic E-state index is 0.00259. The van der Waals surface area contributed by atoms with Crippen molar-refractivity contribution in [2.75, 3.05) is 6.54 Å². The van der Waals surface area contributed by atoms with Crippen molar-refractivity contribution >= 4 is 11.9 Å². The number of hydrogen-bond acceptors (Lipinski definition) is 2. The van der Waals surface area contributed by atoms with Crippen LogP contribution >= 0.6 is 0 Å². The highest BCUT2D eigenvalue weighted by Gasteiger charge is 2.48. The van der Waals surface area contributed by atoms with E-state index in [1.54, 1.807) is 0 Å². The van der Waals surface area contributed by atoms with Gasteiger partial charge in [-0.15, -0.1) is 0 Å². The molecule has 0 unspecified atom stereocenters. The molecule has 0 aliphatic heterocycles. The van der Waals surface area contributed by atoms with E-state index < -0.39 is 17.6 Å². The van der Waals surface area contributed by atoms with Gasteiger partial charge in [-0.1, -0.05) is 0 Å². The second-order valence-corrected chi connectivity index (χ2v) is 3.50. The van der Waals surface area contributed by atoms with Crippen molar-refractivity contribution in [2.24, 2.45) is 5.92 Å². The normalized spacial score (nSPS) is 32.0. The van der Waals surface area contributed by atoms with E-state index in [2.05, 4.69) is 5.32 Å². The average Bonchev–Trinajstić information content (AvgIpc) is 1.95. The number of hydrogen-bond donors (Lipinski definition) is 2. The largest absolute Gasteiger partial charge is 0.481 e. The summed E-state index contributed by atoms with van der Waals surface area (Å²) in [4.78, 5) is 20.8. The van der Waals surface area contributed by atoms with Crippen LogP contribution in [0, 0.1) is 5.92 Å². The Labute approximate surface area is 75.1 Å². The van der Waals surface area contributed by atoms with Crippen LogP contribution in [0.15, 0.2) is 0 Å². The summed E-state index contributed by atoms with van der Waals surface area (Å²) in [6.07, 6.45) is 0.00519. The molecule has 1 aliphatic rings. The number of carboxylic acid groups (broad SMARTS) is 1.